The molecule has 1 aliphatic heterocycles. The number of esters is 1. The van der Waals surface area contributed by atoms with Crippen LogP contribution >= 0.6 is 0 Å². The Balaban J connectivity index is 1.69. The van der Waals surface area contributed by atoms with Gasteiger partial charge in [0, 0.05) is 37.8 Å². The second kappa shape index (κ2) is 11.6. The van der Waals surface area contributed by atoms with E-state index >= 15 is 0 Å². The van der Waals surface area contributed by atoms with E-state index in [0.29, 0.717) is 55.8 Å². The van der Waals surface area contributed by atoms with Gasteiger partial charge in [-0.1, -0.05) is 26.0 Å². The van der Waals surface area contributed by atoms with Crippen molar-refractivity contribution in [3.63, 3.8) is 0 Å². The summed E-state index contributed by atoms with van der Waals surface area (Å²) in [6, 6.07) is 6.33. The van der Waals surface area contributed by atoms with Gasteiger partial charge in [0.15, 0.2) is 0 Å². The number of aldehydes is 1. The van der Waals surface area contributed by atoms with Crippen molar-refractivity contribution < 1.29 is 23.9 Å². The van der Waals surface area contributed by atoms with E-state index in [-0.39, 0.29) is 18.4 Å². The topological polar surface area (TPSA) is 99.5 Å². The Hall–Kier alpha value is -3.00. The van der Waals surface area contributed by atoms with Crippen molar-refractivity contribution in [3.8, 4) is 0 Å². The number of hydrogen-bond donors (Lipinski definition) is 1. The van der Waals surface area contributed by atoms with Gasteiger partial charge in [0.25, 0.3) is 5.91 Å². The van der Waals surface area contributed by atoms with Crippen LogP contribution in [0.4, 0.5) is 0 Å². The standard InChI is InChI=1S/C24H31N3O5/c1-3-20-22-21(6-4-12-31-13-5-11-25-23(22)29)27(26-20)14-17(2)16-32-24(30)19-9-7-18(15-28)8-10-19/h7-10,15,17H,3-6,11-14,16H2,1-2H3,(H,25,29)/t17-/m1/s1. The van der Waals surface area contributed by atoms with Crippen LogP contribution in [0.5, 0.6) is 0 Å². The Labute approximate surface area is 188 Å². The summed E-state index contributed by atoms with van der Waals surface area (Å²) < 4.78 is 13.0. The Kier molecular flexibility index (Phi) is 8.56. The molecule has 2 aromatic rings. The van der Waals surface area contributed by atoms with Crippen LogP contribution in [0.1, 0.15) is 69.2 Å². The first-order chi connectivity index (χ1) is 15.5. The average Bonchev–Trinajstić information content (AvgIpc) is 3.14. The summed E-state index contributed by atoms with van der Waals surface area (Å²) in [6.45, 7) is 6.60. The van der Waals surface area contributed by atoms with Gasteiger partial charge < -0.3 is 14.8 Å². The molecule has 1 aliphatic rings. The van der Waals surface area contributed by atoms with Crippen LogP contribution in [0.2, 0.25) is 0 Å². The number of nitrogens with zero attached hydrogens (tertiary/aromatic N) is 2. The number of fused-ring (bicyclic) bond motifs is 1. The van der Waals surface area contributed by atoms with Gasteiger partial charge in [-0.25, -0.2) is 4.79 Å². The molecular weight excluding hydrogens is 410 g/mol. The van der Waals surface area contributed by atoms with Gasteiger partial charge in [0.2, 0.25) is 0 Å². The fourth-order valence-electron chi connectivity index (χ4n) is 3.72. The predicted octanol–water partition coefficient (Wildman–Crippen LogP) is 2.83. The first kappa shape index (κ1) is 23.7. The van der Waals surface area contributed by atoms with Gasteiger partial charge in [-0.15, -0.1) is 0 Å². The Morgan fingerprint density at radius 3 is 2.75 bits per heavy atom. The number of benzene rings is 1. The predicted molar refractivity (Wildman–Crippen MR) is 119 cm³/mol. The summed E-state index contributed by atoms with van der Waals surface area (Å²) >= 11 is 0. The molecule has 0 bridgehead atoms. The smallest absolute Gasteiger partial charge is 0.338 e. The molecule has 0 spiro atoms. The maximum absolute atomic E-state index is 12.8. The maximum Gasteiger partial charge on any atom is 0.338 e. The maximum atomic E-state index is 12.8. The summed E-state index contributed by atoms with van der Waals surface area (Å²) in [7, 11) is 0. The van der Waals surface area contributed by atoms with Crippen molar-refractivity contribution in [2.75, 3.05) is 26.4 Å². The van der Waals surface area contributed by atoms with Crippen LogP contribution < -0.4 is 5.32 Å². The third-order valence-electron chi connectivity index (χ3n) is 5.41. The molecule has 32 heavy (non-hydrogen) atoms. The molecule has 3 rings (SSSR count). The summed E-state index contributed by atoms with van der Waals surface area (Å²) in [5, 5.41) is 7.70. The third kappa shape index (κ3) is 6.03. The number of amides is 1. The Morgan fingerprint density at radius 1 is 1.28 bits per heavy atom. The molecule has 2 heterocycles. The first-order valence-electron chi connectivity index (χ1n) is 11.2. The monoisotopic (exact) mass is 441 g/mol. The van der Waals surface area contributed by atoms with Crippen LogP contribution in [0, 0.1) is 5.92 Å². The van der Waals surface area contributed by atoms with Crippen molar-refractivity contribution in [3.05, 3.63) is 52.3 Å². The van der Waals surface area contributed by atoms with Crippen molar-refractivity contribution in [2.45, 2.75) is 46.1 Å². The molecule has 172 valence electrons. The van der Waals surface area contributed by atoms with Crippen molar-refractivity contribution in [1.82, 2.24) is 15.1 Å². The number of hydrogen-bond acceptors (Lipinski definition) is 6. The van der Waals surface area contributed by atoms with Gasteiger partial charge in [-0.2, -0.15) is 5.10 Å². The van der Waals surface area contributed by atoms with Crippen LogP contribution in [0.3, 0.4) is 0 Å². The number of aromatic nitrogens is 2. The van der Waals surface area contributed by atoms with Gasteiger partial charge in [-0.05, 0) is 37.8 Å². The lowest BCUT2D eigenvalue weighted by atomic mass is 10.1. The molecule has 0 saturated carbocycles. The summed E-state index contributed by atoms with van der Waals surface area (Å²) in [4.78, 5) is 35.9. The highest BCUT2D eigenvalue weighted by Crippen LogP contribution is 2.20. The summed E-state index contributed by atoms with van der Waals surface area (Å²) in [5.41, 5.74) is 3.28. The fourth-order valence-corrected chi connectivity index (χ4v) is 3.72. The van der Waals surface area contributed by atoms with E-state index in [4.69, 9.17) is 14.6 Å². The molecule has 1 amide bonds. The van der Waals surface area contributed by atoms with E-state index < -0.39 is 5.97 Å². The molecule has 0 fully saturated rings. The lowest BCUT2D eigenvalue weighted by Gasteiger charge is -2.15. The molecule has 0 unspecified atom stereocenters. The number of carbonyl (C=O) groups is 3. The highest BCUT2D eigenvalue weighted by Gasteiger charge is 2.24. The van der Waals surface area contributed by atoms with Crippen LogP contribution in [0.15, 0.2) is 24.3 Å². The van der Waals surface area contributed by atoms with Gasteiger partial charge >= 0.3 is 5.97 Å². The second-order valence-corrected chi connectivity index (χ2v) is 8.07. The van der Waals surface area contributed by atoms with E-state index in [9.17, 15) is 14.4 Å². The van der Waals surface area contributed by atoms with Crippen LogP contribution in [-0.4, -0.2) is 54.3 Å². The molecular formula is C24H31N3O5. The third-order valence-corrected chi connectivity index (χ3v) is 5.41. The van der Waals surface area contributed by atoms with Crippen molar-refractivity contribution in [2.24, 2.45) is 5.92 Å². The lowest BCUT2D eigenvalue weighted by Crippen LogP contribution is -2.27. The Bertz CT molecular complexity index is 936. The van der Waals surface area contributed by atoms with E-state index in [1.807, 2.05) is 18.5 Å². The highest BCUT2D eigenvalue weighted by atomic mass is 16.5. The molecule has 0 aliphatic carbocycles. The fraction of sp³-hybridized carbons (Fsp3) is 0.500. The van der Waals surface area contributed by atoms with Crippen LogP contribution in [-0.2, 0) is 28.9 Å². The minimum Gasteiger partial charge on any atom is -0.462 e. The van der Waals surface area contributed by atoms with Gasteiger partial charge in [0.1, 0.15) is 6.29 Å². The molecule has 1 aromatic carbocycles. The average molecular weight is 442 g/mol. The first-order valence-corrected chi connectivity index (χ1v) is 11.2. The molecule has 1 aromatic heterocycles. The molecule has 1 atom stereocenters. The number of carbonyl (C=O) groups excluding carboxylic acids is 3. The van der Waals surface area contributed by atoms with Gasteiger partial charge in [0.05, 0.1) is 29.1 Å². The van der Waals surface area contributed by atoms with E-state index in [1.54, 1.807) is 24.3 Å². The zero-order valence-electron chi connectivity index (χ0n) is 18.8. The SMILES string of the molecule is CCc1nn(C[C@@H](C)COC(=O)c2ccc(C=O)cc2)c2c1C(=O)NCCCOCCC2. The second-order valence-electron chi connectivity index (χ2n) is 8.07. The molecule has 8 nitrogen and oxygen atoms in total. The minimum atomic E-state index is -0.431. The van der Waals surface area contributed by atoms with E-state index in [2.05, 4.69) is 5.32 Å². The number of rotatable bonds is 7. The molecule has 8 heteroatoms. The molecule has 0 saturated heterocycles. The largest absolute Gasteiger partial charge is 0.462 e. The van der Waals surface area contributed by atoms with Crippen molar-refractivity contribution >= 4 is 18.2 Å². The van der Waals surface area contributed by atoms with Gasteiger partial charge in [-0.3, -0.25) is 14.3 Å². The van der Waals surface area contributed by atoms with E-state index in [0.717, 1.165) is 30.5 Å². The highest BCUT2D eigenvalue weighted by molar-refractivity contribution is 5.96. The summed E-state index contributed by atoms with van der Waals surface area (Å²) in [5.74, 6) is -0.512. The minimum absolute atomic E-state index is 0.000556. The zero-order chi connectivity index (χ0) is 22.9. The number of aryl methyl sites for hydroxylation is 1. The molecule has 0 radical (unpaired) electrons. The summed E-state index contributed by atoms with van der Waals surface area (Å²) in [6.07, 6.45) is 3.70. The quantitative estimate of drug-likeness (QED) is 0.524. The number of ether oxygens (including phenoxy) is 2. The normalized spacial score (nSPS) is 15.8. The molecule has 1 N–H and O–H groups in total. The van der Waals surface area contributed by atoms with E-state index in [1.165, 1.54) is 0 Å². The zero-order valence-corrected chi connectivity index (χ0v) is 18.8. The Morgan fingerprint density at radius 2 is 2.03 bits per heavy atom. The number of nitrogens with one attached hydrogen (secondary N) is 1. The van der Waals surface area contributed by atoms with Crippen molar-refractivity contribution in [1.29, 1.82) is 0 Å². The van der Waals surface area contributed by atoms with Crippen LogP contribution in [0.25, 0.3) is 0 Å². The lowest BCUT2D eigenvalue weighted by molar-refractivity contribution is 0.0435.